The number of carbonyl (C=O) groups is 1. The molecule has 0 heterocycles. The van der Waals surface area contributed by atoms with Crippen molar-refractivity contribution >= 4 is 17.8 Å². The molecular formula is C11H15FN2OS. The first-order valence-corrected chi connectivity index (χ1v) is 6.05. The van der Waals surface area contributed by atoms with Crippen molar-refractivity contribution in [2.24, 2.45) is 0 Å². The van der Waals surface area contributed by atoms with E-state index in [9.17, 15) is 9.18 Å². The number of nitrogens with one attached hydrogen (secondary N) is 2. The second kappa shape index (κ2) is 7.11. The van der Waals surface area contributed by atoms with Crippen LogP contribution in [0.25, 0.3) is 0 Å². The first-order valence-electron chi connectivity index (χ1n) is 5.07. The van der Waals surface area contributed by atoms with E-state index in [0.717, 1.165) is 12.2 Å². The van der Waals surface area contributed by atoms with Crippen molar-refractivity contribution in [1.29, 1.82) is 0 Å². The largest absolute Gasteiger partial charge is 0.341 e. The lowest BCUT2D eigenvalue weighted by atomic mass is 10.3. The Bertz CT molecular complexity index is 347. The number of urea groups is 1. The van der Waals surface area contributed by atoms with E-state index in [1.54, 1.807) is 19.2 Å². The van der Waals surface area contributed by atoms with Crippen molar-refractivity contribution in [2.45, 2.75) is 11.3 Å². The standard InChI is InChI=1S/C11H15FN2OS/c1-13-11(15)14-7-4-8-16-10-6-3-2-5-9(10)12/h2-3,5-6H,4,7-8H2,1H3,(H2,13,14,15). The number of thioether (sulfide) groups is 1. The summed E-state index contributed by atoms with van der Waals surface area (Å²) in [7, 11) is 1.57. The fraction of sp³-hybridized carbons (Fsp3) is 0.364. The van der Waals surface area contributed by atoms with Crippen molar-refractivity contribution < 1.29 is 9.18 Å². The molecule has 0 fully saturated rings. The number of halogens is 1. The summed E-state index contributed by atoms with van der Waals surface area (Å²) >= 11 is 1.46. The third-order valence-corrected chi connectivity index (χ3v) is 3.06. The predicted molar refractivity (Wildman–Crippen MR) is 64.2 cm³/mol. The molecule has 1 aromatic carbocycles. The fourth-order valence-corrected chi connectivity index (χ4v) is 2.00. The molecule has 1 aromatic rings. The molecule has 88 valence electrons. The van der Waals surface area contributed by atoms with Crippen LogP contribution in [-0.2, 0) is 0 Å². The Morgan fingerprint density at radius 1 is 1.44 bits per heavy atom. The molecule has 0 aromatic heterocycles. The molecule has 2 N–H and O–H groups in total. The zero-order valence-electron chi connectivity index (χ0n) is 9.13. The van der Waals surface area contributed by atoms with Gasteiger partial charge in [-0.3, -0.25) is 0 Å². The number of rotatable bonds is 5. The fourth-order valence-electron chi connectivity index (χ4n) is 1.11. The summed E-state index contributed by atoms with van der Waals surface area (Å²) in [5.74, 6) is 0.594. The maximum absolute atomic E-state index is 13.2. The van der Waals surface area contributed by atoms with Gasteiger partial charge in [-0.1, -0.05) is 12.1 Å². The van der Waals surface area contributed by atoms with Gasteiger partial charge in [-0.05, 0) is 24.3 Å². The third kappa shape index (κ3) is 4.53. The second-order valence-corrected chi connectivity index (χ2v) is 4.28. The lowest BCUT2D eigenvalue weighted by Crippen LogP contribution is -2.33. The molecular weight excluding hydrogens is 227 g/mol. The topological polar surface area (TPSA) is 41.1 Å². The van der Waals surface area contributed by atoms with E-state index < -0.39 is 0 Å². The van der Waals surface area contributed by atoms with E-state index in [1.807, 2.05) is 6.07 Å². The summed E-state index contributed by atoms with van der Waals surface area (Å²) in [4.78, 5) is 11.5. The van der Waals surface area contributed by atoms with Crippen LogP contribution in [0.15, 0.2) is 29.2 Å². The molecule has 0 aliphatic heterocycles. The highest BCUT2D eigenvalue weighted by atomic mass is 32.2. The molecule has 0 aliphatic rings. The summed E-state index contributed by atoms with van der Waals surface area (Å²) in [5.41, 5.74) is 0. The monoisotopic (exact) mass is 242 g/mol. The molecule has 0 atom stereocenters. The number of hydrogen-bond donors (Lipinski definition) is 2. The SMILES string of the molecule is CNC(=O)NCCCSc1ccccc1F. The van der Waals surface area contributed by atoms with Gasteiger partial charge in [0.2, 0.25) is 0 Å². The smallest absolute Gasteiger partial charge is 0.314 e. The number of amides is 2. The van der Waals surface area contributed by atoms with Gasteiger partial charge in [-0.25, -0.2) is 9.18 Å². The van der Waals surface area contributed by atoms with E-state index in [4.69, 9.17) is 0 Å². The van der Waals surface area contributed by atoms with E-state index in [-0.39, 0.29) is 11.8 Å². The van der Waals surface area contributed by atoms with Crippen molar-refractivity contribution in [3.05, 3.63) is 30.1 Å². The Morgan fingerprint density at radius 2 is 2.19 bits per heavy atom. The highest BCUT2D eigenvalue weighted by Gasteiger charge is 2.00. The molecule has 0 saturated heterocycles. The Morgan fingerprint density at radius 3 is 2.88 bits per heavy atom. The number of benzene rings is 1. The van der Waals surface area contributed by atoms with Gasteiger partial charge in [0.25, 0.3) is 0 Å². The van der Waals surface area contributed by atoms with Gasteiger partial charge >= 0.3 is 6.03 Å². The Kier molecular flexibility index (Phi) is 5.71. The van der Waals surface area contributed by atoms with E-state index in [0.29, 0.717) is 11.4 Å². The van der Waals surface area contributed by atoms with E-state index >= 15 is 0 Å². The van der Waals surface area contributed by atoms with Crippen molar-refractivity contribution in [3.63, 3.8) is 0 Å². The summed E-state index contributed by atoms with van der Waals surface area (Å²) < 4.78 is 13.2. The Labute approximate surface area is 98.8 Å². The van der Waals surface area contributed by atoms with Crippen LogP contribution in [0, 0.1) is 5.82 Å². The highest BCUT2D eigenvalue weighted by Crippen LogP contribution is 2.21. The van der Waals surface area contributed by atoms with E-state index in [2.05, 4.69) is 10.6 Å². The molecule has 0 aliphatic carbocycles. The molecule has 0 bridgehead atoms. The number of hydrogen-bond acceptors (Lipinski definition) is 2. The van der Waals surface area contributed by atoms with Gasteiger partial charge in [0.1, 0.15) is 5.82 Å². The second-order valence-electron chi connectivity index (χ2n) is 3.14. The van der Waals surface area contributed by atoms with Crippen molar-refractivity contribution in [3.8, 4) is 0 Å². The zero-order chi connectivity index (χ0) is 11.8. The van der Waals surface area contributed by atoms with Crippen LogP contribution >= 0.6 is 11.8 Å². The van der Waals surface area contributed by atoms with Crippen LogP contribution in [0.5, 0.6) is 0 Å². The minimum absolute atomic E-state index is 0.184. The lowest BCUT2D eigenvalue weighted by Gasteiger charge is -2.04. The first kappa shape index (κ1) is 12.8. The lowest BCUT2D eigenvalue weighted by molar-refractivity contribution is 0.243. The average Bonchev–Trinajstić information content (AvgIpc) is 2.30. The van der Waals surface area contributed by atoms with Gasteiger partial charge in [0, 0.05) is 18.5 Å². The maximum Gasteiger partial charge on any atom is 0.314 e. The van der Waals surface area contributed by atoms with Gasteiger partial charge in [-0.15, -0.1) is 11.8 Å². The van der Waals surface area contributed by atoms with Crippen LogP contribution in [0.4, 0.5) is 9.18 Å². The molecule has 2 amide bonds. The minimum atomic E-state index is -0.188. The van der Waals surface area contributed by atoms with Crippen LogP contribution in [-0.4, -0.2) is 25.4 Å². The highest BCUT2D eigenvalue weighted by molar-refractivity contribution is 7.99. The summed E-state index contributed by atoms with van der Waals surface area (Å²) in [5, 5.41) is 5.14. The molecule has 0 radical (unpaired) electrons. The molecule has 3 nitrogen and oxygen atoms in total. The minimum Gasteiger partial charge on any atom is -0.341 e. The van der Waals surface area contributed by atoms with Gasteiger partial charge in [-0.2, -0.15) is 0 Å². The van der Waals surface area contributed by atoms with Crippen LogP contribution in [0.1, 0.15) is 6.42 Å². The molecule has 5 heteroatoms. The predicted octanol–water partition coefficient (Wildman–Crippen LogP) is 2.24. The number of carbonyl (C=O) groups excluding carboxylic acids is 1. The summed E-state index contributed by atoms with van der Waals surface area (Å²) in [6.45, 7) is 0.598. The Hall–Kier alpha value is -1.23. The summed E-state index contributed by atoms with van der Waals surface area (Å²) in [6.07, 6.45) is 0.812. The normalized spacial score (nSPS) is 9.88. The third-order valence-electron chi connectivity index (χ3n) is 1.93. The van der Waals surface area contributed by atoms with Crippen molar-refractivity contribution in [2.75, 3.05) is 19.3 Å². The molecule has 1 rings (SSSR count). The molecule has 0 saturated carbocycles. The first-order chi connectivity index (χ1) is 7.74. The quantitative estimate of drug-likeness (QED) is 0.614. The van der Waals surface area contributed by atoms with Gasteiger partial charge < -0.3 is 10.6 Å². The van der Waals surface area contributed by atoms with Crippen LogP contribution < -0.4 is 10.6 Å². The summed E-state index contributed by atoms with van der Waals surface area (Å²) in [6, 6.07) is 6.51. The Balaban J connectivity index is 2.17. The van der Waals surface area contributed by atoms with Crippen LogP contribution in [0.2, 0.25) is 0 Å². The van der Waals surface area contributed by atoms with Gasteiger partial charge in [0.05, 0.1) is 0 Å². The molecule has 0 unspecified atom stereocenters. The molecule has 16 heavy (non-hydrogen) atoms. The van der Waals surface area contributed by atoms with E-state index in [1.165, 1.54) is 17.8 Å². The van der Waals surface area contributed by atoms with Crippen LogP contribution in [0.3, 0.4) is 0 Å². The molecule has 0 spiro atoms. The van der Waals surface area contributed by atoms with Gasteiger partial charge in [0.15, 0.2) is 0 Å². The average molecular weight is 242 g/mol. The zero-order valence-corrected chi connectivity index (χ0v) is 9.94. The van der Waals surface area contributed by atoms with Crippen molar-refractivity contribution in [1.82, 2.24) is 10.6 Å². The maximum atomic E-state index is 13.2.